The van der Waals surface area contributed by atoms with Crippen molar-refractivity contribution < 1.29 is 18.7 Å². The monoisotopic (exact) mass is 409 g/mol. The molecule has 4 bridgehead atoms. The van der Waals surface area contributed by atoms with Gasteiger partial charge in [-0.25, -0.2) is 4.39 Å². The molecule has 1 amide bonds. The number of esters is 1. The number of carbonyl (C=O) groups is 2. The molecule has 25 heavy (non-hydrogen) atoms. The Labute approximate surface area is 154 Å². The van der Waals surface area contributed by atoms with Crippen LogP contribution in [0.15, 0.2) is 24.3 Å². The van der Waals surface area contributed by atoms with Crippen molar-refractivity contribution in [1.82, 2.24) is 0 Å². The molecule has 4 nitrogen and oxygen atoms in total. The lowest BCUT2D eigenvalue weighted by Crippen LogP contribution is -2.56. The Balaban J connectivity index is 1.38. The lowest BCUT2D eigenvalue weighted by Gasteiger charge is -2.58. The molecule has 2 unspecified atom stereocenters. The highest BCUT2D eigenvalue weighted by atomic mass is 79.9. The van der Waals surface area contributed by atoms with Crippen LogP contribution in [-0.2, 0) is 14.3 Å². The third-order valence-electron chi connectivity index (χ3n) is 5.91. The molecule has 2 atom stereocenters. The zero-order valence-corrected chi connectivity index (χ0v) is 15.5. The van der Waals surface area contributed by atoms with Crippen LogP contribution in [0.3, 0.4) is 0 Å². The summed E-state index contributed by atoms with van der Waals surface area (Å²) >= 11 is 3.86. The van der Waals surface area contributed by atoms with Crippen LogP contribution in [0.25, 0.3) is 0 Å². The molecule has 1 aromatic rings. The van der Waals surface area contributed by atoms with Crippen molar-refractivity contribution in [3.05, 3.63) is 30.1 Å². The standard InChI is InChI=1S/C19H21BrFNO3/c20-19-8-12-5-13(9-19)7-18(6-12,11-19)17(24)25-10-16(23)22-15-4-2-1-3-14(15)21/h1-4,12-13H,5-11H2,(H,22,23). The van der Waals surface area contributed by atoms with Crippen LogP contribution >= 0.6 is 15.9 Å². The molecule has 4 saturated carbocycles. The first kappa shape index (κ1) is 17.0. The van der Waals surface area contributed by atoms with Crippen molar-refractivity contribution in [3.8, 4) is 0 Å². The van der Waals surface area contributed by atoms with Crippen LogP contribution in [0.5, 0.6) is 0 Å². The lowest BCUT2D eigenvalue weighted by molar-refractivity contribution is -0.170. The number of nitrogens with one attached hydrogen (secondary N) is 1. The number of alkyl halides is 1. The number of halogens is 2. The number of carbonyl (C=O) groups excluding carboxylic acids is 2. The first-order valence-corrected chi connectivity index (χ1v) is 9.57. The Bertz CT molecular complexity index is 708. The summed E-state index contributed by atoms with van der Waals surface area (Å²) in [6.45, 7) is -0.375. The van der Waals surface area contributed by atoms with E-state index in [-0.39, 0.29) is 22.6 Å². The summed E-state index contributed by atoms with van der Waals surface area (Å²) in [7, 11) is 0. The minimum Gasteiger partial charge on any atom is -0.455 e. The Morgan fingerprint density at radius 2 is 1.88 bits per heavy atom. The number of benzene rings is 1. The molecular formula is C19H21BrFNO3. The highest BCUT2D eigenvalue weighted by molar-refractivity contribution is 9.10. The second-order valence-corrected chi connectivity index (χ2v) is 9.68. The molecule has 134 valence electrons. The Kier molecular flexibility index (Phi) is 4.13. The van der Waals surface area contributed by atoms with Crippen molar-refractivity contribution in [2.24, 2.45) is 17.3 Å². The van der Waals surface area contributed by atoms with E-state index in [1.807, 2.05) is 0 Å². The Morgan fingerprint density at radius 1 is 1.20 bits per heavy atom. The predicted octanol–water partition coefficient (Wildman–Crippen LogP) is 4.04. The second-order valence-electron chi connectivity index (χ2n) is 8.00. The molecule has 6 heteroatoms. The number of anilines is 1. The van der Waals surface area contributed by atoms with Gasteiger partial charge in [-0.3, -0.25) is 9.59 Å². The van der Waals surface area contributed by atoms with E-state index in [0.717, 1.165) is 32.1 Å². The summed E-state index contributed by atoms with van der Waals surface area (Å²) in [5, 5.41) is 2.45. The van der Waals surface area contributed by atoms with Crippen molar-refractivity contribution in [2.45, 2.75) is 42.8 Å². The van der Waals surface area contributed by atoms with E-state index in [9.17, 15) is 14.0 Å². The van der Waals surface area contributed by atoms with E-state index in [2.05, 4.69) is 21.2 Å². The maximum atomic E-state index is 13.6. The highest BCUT2D eigenvalue weighted by Gasteiger charge is 2.60. The lowest BCUT2D eigenvalue weighted by atomic mass is 9.49. The van der Waals surface area contributed by atoms with Gasteiger partial charge in [0.25, 0.3) is 5.91 Å². The largest absolute Gasteiger partial charge is 0.455 e. The van der Waals surface area contributed by atoms with Crippen LogP contribution < -0.4 is 5.32 Å². The molecule has 1 N–H and O–H groups in total. The summed E-state index contributed by atoms with van der Waals surface area (Å²) in [5.74, 6) is -0.156. The molecule has 4 aliphatic carbocycles. The first-order chi connectivity index (χ1) is 11.9. The summed E-state index contributed by atoms with van der Waals surface area (Å²) in [4.78, 5) is 24.8. The van der Waals surface area contributed by atoms with Crippen LogP contribution in [-0.4, -0.2) is 22.8 Å². The second kappa shape index (κ2) is 6.08. The minimum absolute atomic E-state index is 0.0610. The highest BCUT2D eigenvalue weighted by Crippen LogP contribution is 2.64. The first-order valence-electron chi connectivity index (χ1n) is 8.78. The van der Waals surface area contributed by atoms with Crippen molar-refractivity contribution >= 4 is 33.5 Å². The molecular weight excluding hydrogens is 389 g/mol. The van der Waals surface area contributed by atoms with E-state index >= 15 is 0 Å². The zero-order chi connectivity index (χ0) is 17.7. The van der Waals surface area contributed by atoms with Crippen molar-refractivity contribution in [3.63, 3.8) is 0 Å². The summed E-state index contributed by atoms with van der Waals surface area (Å²) in [5.41, 5.74) is -0.357. The van der Waals surface area contributed by atoms with Crippen LogP contribution in [0.4, 0.5) is 10.1 Å². The fraction of sp³-hybridized carbons (Fsp3) is 0.579. The van der Waals surface area contributed by atoms with Crippen molar-refractivity contribution in [2.75, 3.05) is 11.9 Å². The minimum atomic E-state index is -0.517. The number of ether oxygens (including phenoxy) is 1. The van der Waals surface area contributed by atoms with Crippen LogP contribution in [0.1, 0.15) is 38.5 Å². The van der Waals surface area contributed by atoms with E-state index in [4.69, 9.17) is 4.74 Å². The normalized spacial score (nSPS) is 35.4. The molecule has 4 fully saturated rings. The van der Waals surface area contributed by atoms with E-state index < -0.39 is 17.1 Å². The average molecular weight is 410 g/mol. The van der Waals surface area contributed by atoms with Gasteiger partial charge in [0.2, 0.25) is 0 Å². The summed E-state index contributed by atoms with van der Waals surface area (Å²) in [6.07, 6.45) is 5.99. The molecule has 4 aliphatic rings. The molecule has 0 radical (unpaired) electrons. The number of amides is 1. The van der Waals surface area contributed by atoms with Gasteiger partial charge in [-0.15, -0.1) is 0 Å². The van der Waals surface area contributed by atoms with Crippen LogP contribution in [0, 0.1) is 23.1 Å². The van der Waals surface area contributed by atoms with Gasteiger partial charge in [-0.05, 0) is 62.5 Å². The average Bonchev–Trinajstić information content (AvgIpc) is 2.52. The quantitative estimate of drug-likeness (QED) is 0.602. The zero-order valence-electron chi connectivity index (χ0n) is 13.9. The van der Waals surface area contributed by atoms with Crippen molar-refractivity contribution in [1.29, 1.82) is 0 Å². The SMILES string of the molecule is O=C(COC(=O)C12CC3CC(CC(Br)(C3)C1)C2)Nc1ccccc1F. The molecule has 0 aliphatic heterocycles. The number of rotatable bonds is 4. The molecule has 0 saturated heterocycles. The summed E-state index contributed by atoms with van der Waals surface area (Å²) < 4.78 is 19.0. The molecule has 0 aromatic heterocycles. The smallest absolute Gasteiger partial charge is 0.312 e. The number of para-hydroxylation sites is 1. The summed E-state index contributed by atoms with van der Waals surface area (Å²) in [6, 6.07) is 5.93. The number of hydrogen-bond donors (Lipinski definition) is 1. The van der Waals surface area contributed by atoms with Gasteiger partial charge in [0.05, 0.1) is 11.1 Å². The van der Waals surface area contributed by atoms with Gasteiger partial charge >= 0.3 is 5.97 Å². The van der Waals surface area contributed by atoms with E-state index in [0.29, 0.717) is 11.8 Å². The molecule has 1 aromatic carbocycles. The fourth-order valence-corrected chi connectivity index (χ4v) is 6.88. The predicted molar refractivity (Wildman–Crippen MR) is 94.8 cm³/mol. The number of hydrogen-bond acceptors (Lipinski definition) is 3. The third-order valence-corrected chi connectivity index (χ3v) is 6.83. The fourth-order valence-electron chi connectivity index (χ4n) is 5.42. The van der Waals surface area contributed by atoms with E-state index in [1.165, 1.54) is 18.6 Å². The van der Waals surface area contributed by atoms with Gasteiger partial charge < -0.3 is 10.1 Å². The van der Waals surface area contributed by atoms with Crippen LogP contribution in [0.2, 0.25) is 0 Å². The molecule has 0 spiro atoms. The van der Waals surface area contributed by atoms with Gasteiger partial charge in [-0.1, -0.05) is 28.1 Å². The third kappa shape index (κ3) is 3.21. The van der Waals surface area contributed by atoms with Gasteiger partial charge in [0, 0.05) is 4.32 Å². The Hall–Kier alpha value is -1.43. The maximum absolute atomic E-state index is 13.6. The van der Waals surface area contributed by atoms with Gasteiger partial charge in [0.15, 0.2) is 6.61 Å². The maximum Gasteiger partial charge on any atom is 0.312 e. The Morgan fingerprint density at radius 3 is 2.52 bits per heavy atom. The molecule has 5 rings (SSSR count). The van der Waals surface area contributed by atoms with E-state index in [1.54, 1.807) is 12.1 Å². The topological polar surface area (TPSA) is 55.4 Å². The molecule has 0 heterocycles. The van der Waals surface area contributed by atoms with Gasteiger partial charge in [-0.2, -0.15) is 0 Å². The van der Waals surface area contributed by atoms with Gasteiger partial charge in [0.1, 0.15) is 5.82 Å².